The zero-order valence-electron chi connectivity index (χ0n) is 11.0. The van der Waals surface area contributed by atoms with E-state index in [1.807, 2.05) is 0 Å². The third-order valence-corrected chi connectivity index (χ3v) is 3.19. The number of hydrogen-bond donors (Lipinski definition) is 0. The van der Waals surface area contributed by atoms with Crippen LogP contribution in [0.2, 0.25) is 0 Å². The zero-order valence-corrected chi connectivity index (χ0v) is 11.7. The highest BCUT2D eigenvalue weighted by atomic mass is 35.5. The molecule has 0 bridgehead atoms. The monoisotopic (exact) mass is 289 g/mol. The number of benzene rings is 1. The van der Waals surface area contributed by atoms with Crippen LogP contribution in [0.25, 0.3) is 0 Å². The zero-order chi connectivity index (χ0) is 14.3. The summed E-state index contributed by atoms with van der Waals surface area (Å²) in [6, 6.07) is 3.87. The Kier molecular flexibility index (Phi) is 6.78. The van der Waals surface area contributed by atoms with Crippen molar-refractivity contribution in [3.05, 3.63) is 35.4 Å². The number of alkyl halides is 1. The summed E-state index contributed by atoms with van der Waals surface area (Å²) in [7, 11) is 1.67. The Morgan fingerprint density at radius 3 is 2.68 bits per heavy atom. The quantitative estimate of drug-likeness (QED) is 0.557. The van der Waals surface area contributed by atoms with Gasteiger partial charge in [-0.25, -0.2) is 8.78 Å². The molecule has 0 aliphatic rings. The van der Waals surface area contributed by atoms with Crippen LogP contribution in [0.5, 0.6) is 0 Å². The molecule has 1 rings (SSSR count). The summed E-state index contributed by atoms with van der Waals surface area (Å²) in [6.45, 7) is 0.604. The van der Waals surface area contributed by atoms with E-state index in [1.165, 1.54) is 12.1 Å². The van der Waals surface area contributed by atoms with Crippen LogP contribution >= 0.6 is 11.6 Å². The van der Waals surface area contributed by atoms with Crippen LogP contribution in [0, 0.1) is 11.6 Å². The van der Waals surface area contributed by atoms with Crippen molar-refractivity contribution in [1.29, 1.82) is 0 Å². The summed E-state index contributed by atoms with van der Waals surface area (Å²) in [6.07, 6.45) is 2.62. The van der Waals surface area contributed by atoms with Crippen molar-refractivity contribution in [3.63, 3.8) is 0 Å². The van der Waals surface area contributed by atoms with E-state index in [0.717, 1.165) is 25.3 Å². The smallest absolute Gasteiger partial charge is 0.226 e. The second kappa shape index (κ2) is 8.10. The van der Waals surface area contributed by atoms with Gasteiger partial charge in [0.2, 0.25) is 5.91 Å². The molecule has 2 nitrogen and oxygen atoms in total. The maximum absolute atomic E-state index is 13.4. The minimum atomic E-state index is -0.939. The SMILES string of the molecule is CN(CCCCCCl)C(=O)Cc1cccc(F)c1F. The number of rotatable bonds is 7. The third-order valence-electron chi connectivity index (χ3n) is 2.93. The highest BCUT2D eigenvalue weighted by molar-refractivity contribution is 6.17. The first-order chi connectivity index (χ1) is 9.06. The topological polar surface area (TPSA) is 20.3 Å². The lowest BCUT2D eigenvalue weighted by Gasteiger charge is -2.17. The first-order valence-corrected chi connectivity index (χ1v) is 6.82. The molecule has 0 aliphatic heterocycles. The molecule has 0 N–H and O–H groups in total. The number of carbonyl (C=O) groups is 1. The molecule has 0 spiro atoms. The van der Waals surface area contributed by atoms with E-state index in [0.29, 0.717) is 12.4 Å². The number of halogens is 3. The van der Waals surface area contributed by atoms with Crippen LogP contribution in [-0.2, 0) is 11.2 Å². The first kappa shape index (κ1) is 15.9. The van der Waals surface area contributed by atoms with E-state index in [2.05, 4.69) is 0 Å². The molecule has 1 aromatic rings. The van der Waals surface area contributed by atoms with E-state index in [4.69, 9.17) is 11.6 Å². The Morgan fingerprint density at radius 1 is 1.26 bits per heavy atom. The highest BCUT2D eigenvalue weighted by Gasteiger charge is 2.14. The van der Waals surface area contributed by atoms with Crippen LogP contribution in [0.4, 0.5) is 8.78 Å². The van der Waals surface area contributed by atoms with Crippen molar-refractivity contribution in [2.24, 2.45) is 0 Å². The molecule has 0 aromatic heterocycles. The van der Waals surface area contributed by atoms with Gasteiger partial charge in [-0.3, -0.25) is 4.79 Å². The number of unbranched alkanes of at least 4 members (excludes halogenated alkanes) is 2. The van der Waals surface area contributed by atoms with E-state index in [-0.39, 0.29) is 17.9 Å². The number of likely N-dealkylation sites (N-methyl/N-ethyl adjacent to an activating group) is 1. The molecular weight excluding hydrogens is 272 g/mol. The third kappa shape index (κ3) is 5.15. The fraction of sp³-hybridized carbons (Fsp3) is 0.500. The average Bonchev–Trinajstić information content (AvgIpc) is 2.39. The minimum Gasteiger partial charge on any atom is -0.345 e. The fourth-order valence-corrected chi connectivity index (χ4v) is 1.92. The van der Waals surface area contributed by atoms with Gasteiger partial charge in [-0.15, -0.1) is 11.6 Å². The van der Waals surface area contributed by atoms with Gasteiger partial charge in [0, 0.05) is 25.0 Å². The summed E-state index contributed by atoms with van der Waals surface area (Å²) in [5.41, 5.74) is 0.0950. The molecule has 0 saturated carbocycles. The molecule has 1 amide bonds. The molecule has 106 valence electrons. The lowest BCUT2D eigenvalue weighted by atomic mass is 10.1. The van der Waals surface area contributed by atoms with Gasteiger partial charge in [0.05, 0.1) is 6.42 Å². The van der Waals surface area contributed by atoms with Crippen molar-refractivity contribution < 1.29 is 13.6 Å². The van der Waals surface area contributed by atoms with Gasteiger partial charge in [0.1, 0.15) is 0 Å². The molecular formula is C14H18ClF2NO. The standard InChI is InChI=1S/C14H18ClF2NO/c1-18(9-4-2-3-8-15)13(19)10-11-6-5-7-12(16)14(11)17/h5-7H,2-4,8-10H2,1H3. The Hall–Kier alpha value is -1.16. The number of carbonyl (C=O) groups excluding carboxylic acids is 1. The Bertz CT molecular complexity index is 426. The van der Waals surface area contributed by atoms with Gasteiger partial charge < -0.3 is 4.90 Å². The predicted octanol–water partition coefficient (Wildman–Crippen LogP) is 3.37. The second-order valence-corrected chi connectivity index (χ2v) is 4.83. The Morgan fingerprint density at radius 2 is 2.00 bits per heavy atom. The van der Waals surface area contributed by atoms with Crippen LogP contribution in [0.15, 0.2) is 18.2 Å². The number of amides is 1. The van der Waals surface area contributed by atoms with E-state index < -0.39 is 11.6 Å². The second-order valence-electron chi connectivity index (χ2n) is 4.45. The molecule has 0 fully saturated rings. The van der Waals surface area contributed by atoms with Crippen LogP contribution in [0.1, 0.15) is 24.8 Å². The maximum atomic E-state index is 13.4. The Balaban J connectivity index is 2.47. The molecule has 0 radical (unpaired) electrons. The molecule has 0 atom stereocenters. The van der Waals surface area contributed by atoms with Crippen molar-refractivity contribution >= 4 is 17.5 Å². The maximum Gasteiger partial charge on any atom is 0.226 e. The lowest BCUT2D eigenvalue weighted by Crippen LogP contribution is -2.29. The van der Waals surface area contributed by atoms with Crippen LogP contribution in [-0.4, -0.2) is 30.3 Å². The van der Waals surface area contributed by atoms with Gasteiger partial charge in [-0.2, -0.15) is 0 Å². The lowest BCUT2D eigenvalue weighted by molar-refractivity contribution is -0.129. The van der Waals surface area contributed by atoms with Crippen molar-refractivity contribution in [2.75, 3.05) is 19.5 Å². The van der Waals surface area contributed by atoms with Crippen LogP contribution < -0.4 is 0 Å². The highest BCUT2D eigenvalue weighted by Crippen LogP contribution is 2.13. The van der Waals surface area contributed by atoms with Crippen molar-refractivity contribution in [1.82, 2.24) is 4.90 Å². The molecule has 0 aliphatic carbocycles. The van der Waals surface area contributed by atoms with Gasteiger partial charge in [0.15, 0.2) is 11.6 Å². The summed E-state index contributed by atoms with van der Waals surface area (Å²) in [5, 5.41) is 0. The van der Waals surface area contributed by atoms with Crippen LogP contribution in [0.3, 0.4) is 0 Å². The normalized spacial score (nSPS) is 10.5. The summed E-state index contributed by atoms with van der Waals surface area (Å²) < 4.78 is 26.4. The molecule has 19 heavy (non-hydrogen) atoms. The minimum absolute atomic E-state index is 0.0950. The summed E-state index contributed by atoms with van der Waals surface area (Å²) >= 11 is 5.56. The summed E-state index contributed by atoms with van der Waals surface area (Å²) in [5.74, 6) is -1.46. The fourth-order valence-electron chi connectivity index (χ4n) is 1.73. The Labute approximate surface area is 117 Å². The van der Waals surface area contributed by atoms with E-state index in [9.17, 15) is 13.6 Å². The average molecular weight is 290 g/mol. The summed E-state index contributed by atoms with van der Waals surface area (Å²) in [4.78, 5) is 13.4. The van der Waals surface area contributed by atoms with Gasteiger partial charge in [-0.05, 0) is 18.9 Å². The first-order valence-electron chi connectivity index (χ1n) is 6.29. The number of hydrogen-bond acceptors (Lipinski definition) is 1. The molecule has 0 unspecified atom stereocenters. The van der Waals surface area contributed by atoms with E-state index >= 15 is 0 Å². The largest absolute Gasteiger partial charge is 0.345 e. The van der Waals surface area contributed by atoms with Gasteiger partial charge in [-0.1, -0.05) is 18.6 Å². The molecule has 1 aromatic carbocycles. The van der Waals surface area contributed by atoms with Gasteiger partial charge in [0.25, 0.3) is 0 Å². The molecule has 5 heteroatoms. The predicted molar refractivity (Wildman–Crippen MR) is 72.3 cm³/mol. The number of nitrogens with zero attached hydrogens (tertiary/aromatic N) is 1. The van der Waals surface area contributed by atoms with Crippen molar-refractivity contribution in [3.8, 4) is 0 Å². The van der Waals surface area contributed by atoms with E-state index in [1.54, 1.807) is 11.9 Å². The molecule has 0 saturated heterocycles. The molecule has 0 heterocycles. The van der Waals surface area contributed by atoms with Gasteiger partial charge >= 0.3 is 0 Å². The van der Waals surface area contributed by atoms with Crippen molar-refractivity contribution in [2.45, 2.75) is 25.7 Å².